The lowest BCUT2D eigenvalue weighted by Crippen LogP contribution is -2.30. The van der Waals surface area contributed by atoms with Crippen LogP contribution in [-0.2, 0) is 65.4 Å². The maximum absolute atomic E-state index is 13.0. The van der Waals surface area contributed by atoms with Crippen molar-refractivity contribution in [2.75, 3.05) is 39.6 Å². The highest BCUT2D eigenvalue weighted by Crippen LogP contribution is 2.45. The summed E-state index contributed by atoms with van der Waals surface area (Å²) in [5.74, 6) is -0.596. The molecule has 0 heterocycles. The summed E-state index contributed by atoms with van der Waals surface area (Å²) in [6, 6.07) is 0. The van der Waals surface area contributed by atoms with Gasteiger partial charge in [-0.3, -0.25) is 37.3 Å². The minimum absolute atomic E-state index is 0.104. The van der Waals surface area contributed by atoms with Crippen molar-refractivity contribution in [2.45, 2.75) is 381 Å². The number of hydrogen-bond acceptors (Lipinski definition) is 15. The number of ether oxygens (including phenoxy) is 4. The van der Waals surface area contributed by atoms with Crippen molar-refractivity contribution < 1.29 is 80.2 Å². The highest BCUT2D eigenvalue weighted by molar-refractivity contribution is 7.47. The van der Waals surface area contributed by atoms with Crippen molar-refractivity contribution in [1.29, 1.82) is 0 Å². The van der Waals surface area contributed by atoms with Crippen molar-refractivity contribution in [3.8, 4) is 0 Å². The van der Waals surface area contributed by atoms with Crippen LogP contribution in [0.15, 0.2) is 0 Å². The van der Waals surface area contributed by atoms with Gasteiger partial charge in [0.25, 0.3) is 0 Å². The first kappa shape index (κ1) is 88.1. The number of carbonyl (C=O) groups is 4. The zero-order valence-electron chi connectivity index (χ0n) is 58.4. The van der Waals surface area contributed by atoms with Gasteiger partial charge in [0.05, 0.1) is 26.4 Å². The van der Waals surface area contributed by atoms with Gasteiger partial charge in [0.1, 0.15) is 19.3 Å². The molecule has 3 N–H and O–H groups in total. The molecule has 0 bridgehead atoms. The summed E-state index contributed by atoms with van der Waals surface area (Å²) in [6.45, 7) is 9.53. The molecule has 534 valence electrons. The molecule has 90 heavy (non-hydrogen) atoms. The molecule has 0 aliphatic rings. The van der Waals surface area contributed by atoms with Gasteiger partial charge in [-0.25, -0.2) is 9.13 Å². The van der Waals surface area contributed by atoms with Crippen LogP contribution < -0.4 is 0 Å². The molecule has 19 heteroatoms. The number of phosphoric ester groups is 2. The Morgan fingerprint density at radius 2 is 0.567 bits per heavy atom. The normalized spacial score (nSPS) is 14.4. The van der Waals surface area contributed by atoms with E-state index in [1.54, 1.807) is 0 Å². The highest BCUT2D eigenvalue weighted by Gasteiger charge is 2.30. The molecule has 0 spiro atoms. The fourth-order valence-electron chi connectivity index (χ4n) is 10.7. The standard InChI is InChI=1S/C71H138O17P2/c1-7-10-12-14-16-18-19-20-21-22-23-24-30-37-43-49-55-70(75)87-66(60-82-69(74)54-48-42-36-29-26-25-28-34-40-46-52-64(6)9-3)61-85-89(77,78)83-57-65(72)58-84-90(79,80)86-62-67(59-81-68(73)53-47-41-35-27-17-15-13-11-8-2)88-71(76)56-50-44-38-32-31-33-39-45-51-63(4)5/h63-67,72H,7-62H2,1-6H3,(H,77,78)(H,79,80)/t64?,65-,66-,67-/m1/s1. The van der Waals surface area contributed by atoms with Crippen molar-refractivity contribution >= 4 is 39.5 Å². The van der Waals surface area contributed by atoms with Crippen LogP contribution in [0.3, 0.4) is 0 Å². The zero-order valence-corrected chi connectivity index (χ0v) is 60.2. The Morgan fingerprint density at radius 3 is 0.844 bits per heavy atom. The monoisotopic (exact) mass is 1320 g/mol. The molecule has 0 aromatic heterocycles. The predicted octanol–water partition coefficient (Wildman–Crippen LogP) is 20.4. The molecule has 0 amide bonds. The van der Waals surface area contributed by atoms with Crippen LogP contribution in [-0.4, -0.2) is 96.7 Å². The number of carbonyl (C=O) groups excluding carboxylic acids is 4. The Labute approximate surface area is 549 Å². The SMILES string of the molecule is CCCCCCCCCCCCCCCCCCC(=O)O[C@H](COC(=O)CCCCCCCCCCCCC(C)CC)COP(=O)(O)OC[C@@H](O)COP(=O)(O)OC[C@@H](COC(=O)CCCCCCCCCCC)OC(=O)CCCCCCCCCCC(C)C. The third-order valence-corrected chi connectivity index (χ3v) is 18.7. The number of hydrogen-bond donors (Lipinski definition) is 3. The molecular weight excluding hydrogens is 1190 g/mol. The van der Waals surface area contributed by atoms with E-state index in [4.69, 9.17) is 37.0 Å². The van der Waals surface area contributed by atoms with E-state index in [0.29, 0.717) is 25.7 Å². The van der Waals surface area contributed by atoms with Crippen LogP contribution in [0.25, 0.3) is 0 Å². The number of aliphatic hydroxyl groups is 1. The maximum atomic E-state index is 13.0. The first-order valence-electron chi connectivity index (χ1n) is 37.0. The van der Waals surface area contributed by atoms with Crippen LogP contribution in [0.1, 0.15) is 363 Å². The number of phosphoric acid groups is 2. The Hall–Kier alpha value is -1.94. The third kappa shape index (κ3) is 63.5. The summed E-state index contributed by atoms with van der Waals surface area (Å²) in [6.07, 6.45) is 48.5. The molecule has 3 unspecified atom stereocenters. The largest absolute Gasteiger partial charge is 0.472 e. The molecule has 0 aliphatic carbocycles. The van der Waals surface area contributed by atoms with E-state index in [0.717, 1.165) is 102 Å². The lowest BCUT2D eigenvalue weighted by molar-refractivity contribution is -0.161. The van der Waals surface area contributed by atoms with Gasteiger partial charge in [0, 0.05) is 25.7 Å². The van der Waals surface area contributed by atoms with Gasteiger partial charge in [-0.2, -0.15) is 0 Å². The van der Waals surface area contributed by atoms with Crippen molar-refractivity contribution in [3.63, 3.8) is 0 Å². The van der Waals surface area contributed by atoms with Gasteiger partial charge >= 0.3 is 39.5 Å². The van der Waals surface area contributed by atoms with E-state index >= 15 is 0 Å². The van der Waals surface area contributed by atoms with Gasteiger partial charge in [-0.05, 0) is 37.5 Å². The average molecular weight is 1330 g/mol. The molecule has 0 radical (unpaired) electrons. The summed E-state index contributed by atoms with van der Waals surface area (Å²) in [5.41, 5.74) is 0. The minimum Gasteiger partial charge on any atom is -0.462 e. The smallest absolute Gasteiger partial charge is 0.462 e. The minimum atomic E-state index is -4.95. The second-order valence-electron chi connectivity index (χ2n) is 26.3. The summed E-state index contributed by atoms with van der Waals surface area (Å²) in [5, 5.41) is 10.6. The summed E-state index contributed by atoms with van der Waals surface area (Å²) >= 11 is 0. The van der Waals surface area contributed by atoms with Gasteiger partial charge in [0.2, 0.25) is 0 Å². The molecule has 0 rings (SSSR count). The lowest BCUT2D eigenvalue weighted by atomic mass is 9.99. The van der Waals surface area contributed by atoms with Crippen LogP contribution >= 0.6 is 15.6 Å². The first-order chi connectivity index (χ1) is 43.4. The average Bonchev–Trinajstić information content (AvgIpc) is 3.17. The van der Waals surface area contributed by atoms with Crippen LogP contribution in [0.5, 0.6) is 0 Å². The summed E-state index contributed by atoms with van der Waals surface area (Å²) < 4.78 is 68.3. The quantitative estimate of drug-likeness (QED) is 0.0222. The van der Waals surface area contributed by atoms with Gasteiger partial charge < -0.3 is 33.8 Å². The van der Waals surface area contributed by atoms with E-state index < -0.39 is 97.5 Å². The molecule has 6 atom stereocenters. The Balaban J connectivity index is 5.24. The zero-order chi connectivity index (χ0) is 66.5. The van der Waals surface area contributed by atoms with Crippen LogP contribution in [0, 0.1) is 11.8 Å². The molecule has 17 nitrogen and oxygen atoms in total. The second-order valence-corrected chi connectivity index (χ2v) is 29.3. The van der Waals surface area contributed by atoms with Gasteiger partial charge in [-0.1, -0.05) is 311 Å². The molecule has 0 aromatic rings. The molecule has 0 aromatic carbocycles. The lowest BCUT2D eigenvalue weighted by Gasteiger charge is -2.21. The number of esters is 4. The highest BCUT2D eigenvalue weighted by atomic mass is 31.2. The third-order valence-electron chi connectivity index (χ3n) is 16.8. The Bertz CT molecular complexity index is 1750. The first-order valence-corrected chi connectivity index (χ1v) is 40.0. The topological polar surface area (TPSA) is 237 Å². The molecule has 0 saturated heterocycles. The van der Waals surface area contributed by atoms with Gasteiger partial charge in [0.15, 0.2) is 12.2 Å². The van der Waals surface area contributed by atoms with E-state index in [2.05, 4.69) is 41.5 Å². The maximum Gasteiger partial charge on any atom is 0.472 e. The Morgan fingerprint density at radius 1 is 0.322 bits per heavy atom. The van der Waals surface area contributed by atoms with E-state index in [1.165, 1.54) is 180 Å². The van der Waals surface area contributed by atoms with Crippen molar-refractivity contribution in [3.05, 3.63) is 0 Å². The van der Waals surface area contributed by atoms with Crippen molar-refractivity contribution in [1.82, 2.24) is 0 Å². The van der Waals surface area contributed by atoms with E-state index in [-0.39, 0.29) is 25.7 Å². The summed E-state index contributed by atoms with van der Waals surface area (Å²) in [4.78, 5) is 72.5. The van der Waals surface area contributed by atoms with Gasteiger partial charge in [-0.15, -0.1) is 0 Å². The Kier molecular flexibility index (Phi) is 61.8. The van der Waals surface area contributed by atoms with E-state index in [9.17, 15) is 43.2 Å². The number of rotatable bonds is 70. The van der Waals surface area contributed by atoms with E-state index in [1.807, 2.05) is 0 Å². The van der Waals surface area contributed by atoms with Crippen LogP contribution in [0.4, 0.5) is 0 Å². The number of aliphatic hydroxyl groups excluding tert-OH is 1. The molecule has 0 saturated carbocycles. The fourth-order valence-corrected chi connectivity index (χ4v) is 12.3. The van der Waals surface area contributed by atoms with Crippen LogP contribution in [0.2, 0.25) is 0 Å². The number of unbranched alkanes of at least 4 members (excludes halogenated alkanes) is 39. The molecule has 0 fully saturated rings. The second kappa shape index (κ2) is 63.1. The molecule has 0 aliphatic heterocycles. The molecular formula is C71H138O17P2. The summed E-state index contributed by atoms with van der Waals surface area (Å²) in [7, 11) is -9.90. The van der Waals surface area contributed by atoms with Crippen molar-refractivity contribution in [2.24, 2.45) is 11.8 Å². The fraction of sp³-hybridized carbons (Fsp3) is 0.944. The predicted molar refractivity (Wildman–Crippen MR) is 363 cm³/mol.